The van der Waals surface area contributed by atoms with Crippen LogP contribution in [0.25, 0.3) is 0 Å². The molecule has 0 N–H and O–H groups in total. The van der Waals surface area contributed by atoms with Gasteiger partial charge in [-0.1, -0.05) is 13.8 Å². The van der Waals surface area contributed by atoms with Crippen LogP contribution < -0.4 is 9.47 Å². The minimum absolute atomic E-state index is 0.225. The highest BCUT2D eigenvalue weighted by molar-refractivity contribution is 7.88. The number of carbonyl (C=O) groups is 1. The molecular weight excluding hydrogens is 480 g/mol. The number of sulfonamides is 1. The third kappa shape index (κ3) is 6.00. The molecule has 3 heterocycles. The first-order chi connectivity index (χ1) is 17.1. The first-order valence-corrected chi connectivity index (χ1v) is 15.1. The van der Waals surface area contributed by atoms with Gasteiger partial charge in [0.05, 0.1) is 33.0 Å². The fourth-order valence-electron chi connectivity index (χ4n) is 6.32. The fraction of sp³-hybridized carbons (Fsp3) is 0.741. The van der Waals surface area contributed by atoms with Gasteiger partial charge < -0.3 is 14.2 Å². The quantitative estimate of drug-likeness (QED) is 0.483. The summed E-state index contributed by atoms with van der Waals surface area (Å²) in [6.45, 7) is 7.59. The molecule has 0 aliphatic carbocycles. The van der Waals surface area contributed by atoms with E-state index in [4.69, 9.17) is 14.2 Å². The van der Waals surface area contributed by atoms with Crippen molar-refractivity contribution in [2.24, 2.45) is 23.7 Å². The highest BCUT2D eigenvalue weighted by atomic mass is 32.2. The smallest absolute Gasteiger partial charge is 0.310 e. The maximum absolute atomic E-state index is 13.0. The number of methoxy groups -OCH3 is 2. The van der Waals surface area contributed by atoms with E-state index >= 15 is 0 Å². The van der Waals surface area contributed by atoms with Crippen LogP contribution in [0.1, 0.15) is 56.7 Å². The van der Waals surface area contributed by atoms with E-state index in [1.54, 1.807) is 14.2 Å². The lowest BCUT2D eigenvalue weighted by Crippen LogP contribution is -2.48. The summed E-state index contributed by atoms with van der Waals surface area (Å²) in [4.78, 5) is 15.6. The Hall–Kier alpha value is -1.84. The number of ether oxygens (including phenoxy) is 3. The van der Waals surface area contributed by atoms with Crippen LogP contribution >= 0.6 is 0 Å². The summed E-state index contributed by atoms with van der Waals surface area (Å²) >= 11 is 0. The summed E-state index contributed by atoms with van der Waals surface area (Å²) in [7, 11) is 0.0367. The second-order valence-electron chi connectivity index (χ2n) is 11.1. The Balaban J connectivity index is 1.49. The molecule has 0 amide bonds. The van der Waals surface area contributed by atoms with Crippen LogP contribution in [0.5, 0.6) is 11.5 Å². The summed E-state index contributed by atoms with van der Waals surface area (Å²) in [5.74, 6) is 2.14. The van der Waals surface area contributed by atoms with Crippen molar-refractivity contribution in [1.82, 2.24) is 9.21 Å². The van der Waals surface area contributed by atoms with Crippen molar-refractivity contribution in [2.75, 3.05) is 53.3 Å². The van der Waals surface area contributed by atoms with Gasteiger partial charge in [-0.05, 0) is 73.1 Å². The third-order valence-electron chi connectivity index (χ3n) is 8.18. The van der Waals surface area contributed by atoms with Gasteiger partial charge in [-0.3, -0.25) is 9.69 Å². The summed E-state index contributed by atoms with van der Waals surface area (Å²) < 4.78 is 42.4. The second-order valence-corrected chi connectivity index (χ2v) is 13.1. The largest absolute Gasteiger partial charge is 0.493 e. The molecule has 9 heteroatoms. The molecule has 3 aliphatic rings. The van der Waals surface area contributed by atoms with Gasteiger partial charge in [0, 0.05) is 32.2 Å². The van der Waals surface area contributed by atoms with E-state index in [-0.39, 0.29) is 30.4 Å². The summed E-state index contributed by atoms with van der Waals surface area (Å²) in [5.41, 5.74) is 2.59. The Bertz CT molecular complexity index is 1040. The predicted octanol–water partition coefficient (Wildman–Crippen LogP) is 3.50. The van der Waals surface area contributed by atoms with Crippen LogP contribution in [0.4, 0.5) is 0 Å². The first kappa shape index (κ1) is 27.2. The van der Waals surface area contributed by atoms with Crippen LogP contribution in [0.15, 0.2) is 12.1 Å². The molecule has 4 atom stereocenters. The number of nitrogens with zero attached hydrogens (tertiary/aromatic N) is 2. The van der Waals surface area contributed by atoms with E-state index in [1.807, 2.05) is 0 Å². The van der Waals surface area contributed by atoms with E-state index in [0.717, 1.165) is 43.9 Å². The maximum Gasteiger partial charge on any atom is 0.310 e. The number of fused-ring (bicyclic) bond motifs is 3. The maximum atomic E-state index is 13.0. The molecular formula is C27H42N2O6S. The molecule has 0 bridgehead atoms. The topological polar surface area (TPSA) is 85.4 Å². The van der Waals surface area contributed by atoms with Crippen molar-refractivity contribution in [3.05, 3.63) is 23.3 Å². The molecule has 1 aromatic carbocycles. The number of esters is 1. The fourth-order valence-corrected chi connectivity index (χ4v) is 7.24. The summed E-state index contributed by atoms with van der Waals surface area (Å²) in [5, 5.41) is 0. The van der Waals surface area contributed by atoms with Gasteiger partial charge in [-0.15, -0.1) is 0 Å². The van der Waals surface area contributed by atoms with Crippen molar-refractivity contribution >= 4 is 16.0 Å². The van der Waals surface area contributed by atoms with E-state index in [2.05, 4.69) is 30.9 Å². The van der Waals surface area contributed by atoms with Crippen LogP contribution in [-0.4, -0.2) is 76.9 Å². The first-order valence-electron chi connectivity index (χ1n) is 13.2. The average Bonchev–Trinajstić information content (AvgIpc) is 2.85. The number of hydrogen-bond acceptors (Lipinski definition) is 7. The molecule has 202 valence electrons. The molecule has 0 aromatic heterocycles. The predicted molar refractivity (Wildman–Crippen MR) is 139 cm³/mol. The molecule has 0 radical (unpaired) electrons. The minimum atomic E-state index is -3.30. The van der Waals surface area contributed by atoms with E-state index in [1.165, 1.54) is 21.7 Å². The molecule has 8 nitrogen and oxygen atoms in total. The lowest BCUT2D eigenvalue weighted by molar-refractivity contribution is -0.153. The van der Waals surface area contributed by atoms with Crippen LogP contribution in [-0.2, 0) is 26.0 Å². The lowest BCUT2D eigenvalue weighted by atomic mass is 9.74. The molecule has 1 aromatic rings. The Kier molecular flexibility index (Phi) is 8.52. The molecule has 2 saturated heterocycles. The summed E-state index contributed by atoms with van der Waals surface area (Å²) in [6, 6.07) is 4.49. The van der Waals surface area contributed by atoms with Crippen LogP contribution in [0, 0.1) is 23.7 Å². The number of carbonyl (C=O) groups excluding carboxylic acids is 1. The van der Waals surface area contributed by atoms with Gasteiger partial charge >= 0.3 is 5.97 Å². The van der Waals surface area contributed by atoms with Crippen LogP contribution in [0.3, 0.4) is 0 Å². The van der Waals surface area contributed by atoms with Crippen molar-refractivity contribution in [3.8, 4) is 11.5 Å². The van der Waals surface area contributed by atoms with Crippen molar-refractivity contribution in [2.45, 2.75) is 52.0 Å². The van der Waals surface area contributed by atoms with Crippen molar-refractivity contribution < 1.29 is 27.4 Å². The Morgan fingerprint density at radius 2 is 1.81 bits per heavy atom. The highest BCUT2D eigenvalue weighted by Crippen LogP contribution is 2.45. The van der Waals surface area contributed by atoms with Gasteiger partial charge in [0.15, 0.2) is 11.5 Å². The zero-order chi connectivity index (χ0) is 26.0. The van der Waals surface area contributed by atoms with Gasteiger partial charge in [0.1, 0.15) is 0 Å². The second kappa shape index (κ2) is 11.3. The molecule has 36 heavy (non-hydrogen) atoms. The highest BCUT2D eigenvalue weighted by Gasteiger charge is 2.40. The van der Waals surface area contributed by atoms with Crippen LogP contribution in [0.2, 0.25) is 0 Å². The monoisotopic (exact) mass is 522 g/mol. The molecule has 2 fully saturated rings. The Morgan fingerprint density at radius 3 is 2.47 bits per heavy atom. The van der Waals surface area contributed by atoms with Crippen molar-refractivity contribution in [3.63, 3.8) is 0 Å². The number of piperidine rings is 2. The zero-order valence-electron chi connectivity index (χ0n) is 22.4. The van der Waals surface area contributed by atoms with Gasteiger partial charge in [-0.25, -0.2) is 12.7 Å². The van der Waals surface area contributed by atoms with Crippen molar-refractivity contribution in [1.29, 1.82) is 0 Å². The van der Waals surface area contributed by atoms with Gasteiger partial charge in [0.25, 0.3) is 0 Å². The Morgan fingerprint density at radius 1 is 1.08 bits per heavy atom. The number of rotatable bonds is 8. The standard InChI is InChI=1S/C27H42N2O6S/c1-18(2)11-21-15-28-10-8-19-13-25(33-3)26(34-4)14-23(19)24(28)12-22(21)17-35-27(30)20-7-6-9-29(16-20)36(5,31)32/h13-14,18,20-22,24H,6-12,15-17H2,1-5H3/t20?,21-,22+,24-/m1/s1. The average molecular weight is 523 g/mol. The van der Waals surface area contributed by atoms with E-state index < -0.39 is 10.0 Å². The number of benzene rings is 1. The molecule has 3 aliphatic heterocycles. The van der Waals surface area contributed by atoms with E-state index in [0.29, 0.717) is 37.8 Å². The minimum Gasteiger partial charge on any atom is -0.493 e. The van der Waals surface area contributed by atoms with Gasteiger partial charge in [-0.2, -0.15) is 0 Å². The zero-order valence-corrected chi connectivity index (χ0v) is 23.2. The number of hydrogen-bond donors (Lipinski definition) is 0. The third-order valence-corrected chi connectivity index (χ3v) is 9.45. The molecule has 0 spiro atoms. The molecule has 0 saturated carbocycles. The lowest BCUT2D eigenvalue weighted by Gasteiger charge is -2.47. The SMILES string of the molecule is COc1cc2c(cc1OC)[C@H]1C[C@@H](COC(=O)C3CCCN(S(C)(=O)=O)C3)[C@H](CC(C)C)CN1CC2. The molecule has 1 unspecified atom stereocenters. The molecule has 4 rings (SSSR count). The van der Waals surface area contributed by atoms with E-state index in [9.17, 15) is 13.2 Å². The van der Waals surface area contributed by atoms with Gasteiger partial charge in [0.2, 0.25) is 10.0 Å². The Labute approximate surface area is 216 Å². The normalized spacial score (nSPS) is 27.3. The summed E-state index contributed by atoms with van der Waals surface area (Å²) in [6.07, 6.45) is 5.57.